The van der Waals surface area contributed by atoms with Gasteiger partial charge in [-0.2, -0.15) is 0 Å². The number of carbonyl (C=O) groups is 2. The number of ether oxygens (including phenoxy) is 3. The number of carbonyl (C=O) groups excluding carboxylic acids is 2. The van der Waals surface area contributed by atoms with Crippen LogP contribution in [0.1, 0.15) is 37.8 Å². The van der Waals surface area contributed by atoms with Gasteiger partial charge in [-0.05, 0) is 31.6 Å². The molecule has 0 saturated heterocycles. The van der Waals surface area contributed by atoms with Gasteiger partial charge >= 0.3 is 7.12 Å². The Morgan fingerprint density at radius 1 is 1.09 bits per heavy atom. The van der Waals surface area contributed by atoms with Crippen molar-refractivity contribution in [3.05, 3.63) is 17.2 Å². The van der Waals surface area contributed by atoms with Gasteiger partial charge < -0.3 is 40.0 Å². The summed E-state index contributed by atoms with van der Waals surface area (Å²) < 4.78 is 16.4. The third kappa shape index (κ3) is 6.52. The SMILES string of the molecule is COc1cc(OC)c(OC)c2c1CC(C(=O)N[C@@H](CO)C(=O)NC(CC(C)C)B(O)O)CC2. The van der Waals surface area contributed by atoms with Crippen molar-refractivity contribution in [1.29, 1.82) is 0 Å². The van der Waals surface area contributed by atoms with Gasteiger partial charge in [0.05, 0.1) is 33.9 Å². The maximum Gasteiger partial charge on any atom is 0.475 e. The molecule has 0 radical (unpaired) electrons. The average Bonchev–Trinajstić information content (AvgIpc) is 2.79. The second-order valence-corrected chi connectivity index (χ2v) is 8.61. The Labute approximate surface area is 194 Å². The molecule has 0 aliphatic heterocycles. The lowest BCUT2D eigenvalue weighted by Crippen LogP contribution is -2.56. The maximum absolute atomic E-state index is 13.0. The molecule has 1 aliphatic rings. The topological polar surface area (TPSA) is 147 Å². The van der Waals surface area contributed by atoms with Crippen molar-refractivity contribution in [3.8, 4) is 17.2 Å². The third-order valence-electron chi connectivity index (χ3n) is 5.86. The second kappa shape index (κ2) is 12.1. The van der Waals surface area contributed by atoms with Crippen molar-refractivity contribution in [1.82, 2.24) is 10.6 Å². The van der Waals surface area contributed by atoms with E-state index in [2.05, 4.69) is 10.6 Å². The van der Waals surface area contributed by atoms with Crippen LogP contribution in [0.25, 0.3) is 0 Å². The molecule has 0 heterocycles. The number of amides is 2. The summed E-state index contributed by atoms with van der Waals surface area (Å²) >= 11 is 0. The molecule has 0 spiro atoms. The van der Waals surface area contributed by atoms with Crippen LogP contribution >= 0.6 is 0 Å². The highest BCUT2D eigenvalue weighted by molar-refractivity contribution is 6.43. The fraction of sp³-hybridized carbons (Fsp3) is 0.636. The molecule has 5 N–H and O–H groups in total. The first-order valence-electron chi connectivity index (χ1n) is 11.0. The van der Waals surface area contributed by atoms with Crippen LogP contribution in [0.4, 0.5) is 0 Å². The van der Waals surface area contributed by atoms with Gasteiger partial charge in [0, 0.05) is 23.1 Å². The number of nitrogens with one attached hydrogen (secondary N) is 2. The number of rotatable bonds is 11. The molecular weight excluding hydrogens is 431 g/mol. The smallest absolute Gasteiger partial charge is 0.475 e. The van der Waals surface area contributed by atoms with Gasteiger partial charge in [0.1, 0.15) is 11.8 Å². The summed E-state index contributed by atoms with van der Waals surface area (Å²) in [6, 6.07) is 0.511. The second-order valence-electron chi connectivity index (χ2n) is 8.61. The number of benzene rings is 1. The van der Waals surface area contributed by atoms with Crippen LogP contribution in [0.3, 0.4) is 0 Å². The van der Waals surface area contributed by atoms with Gasteiger partial charge in [-0.15, -0.1) is 0 Å². The molecule has 0 fully saturated rings. The number of aliphatic hydroxyl groups is 1. The molecule has 0 bridgehead atoms. The first-order chi connectivity index (χ1) is 15.7. The fourth-order valence-corrected chi connectivity index (χ4v) is 4.17. The van der Waals surface area contributed by atoms with Crippen LogP contribution in [-0.4, -0.2) is 74.0 Å². The van der Waals surface area contributed by atoms with E-state index in [1.165, 1.54) is 0 Å². The molecule has 2 amide bonds. The molecular formula is C22H35BN2O8. The van der Waals surface area contributed by atoms with Gasteiger partial charge in [0.15, 0.2) is 11.5 Å². The van der Waals surface area contributed by atoms with Gasteiger partial charge in [-0.3, -0.25) is 9.59 Å². The Balaban J connectivity index is 2.14. The first-order valence-corrected chi connectivity index (χ1v) is 11.0. The molecule has 10 nitrogen and oxygen atoms in total. The highest BCUT2D eigenvalue weighted by atomic mass is 16.5. The first kappa shape index (κ1) is 26.8. The van der Waals surface area contributed by atoms with Crippen molar-refractivity contribution in [2.75, 3.05) is 27.9 Å². The molecule has 11 heteroatoms. The minimum absolute atomic E-state index is 0.104. The van der Waals surface area contributed by atoms with Crippen LogP contribution < -0.4 is 24.8 Å². The van der Waals surface area contributed by atoms with Gasteiger partial charge in [-0.25, -0.2) is 0 Å². The molecule has 2 unspecified atom stereocenters. The number of fused-ring (bicyclic) bond motifs is 1. The summed E-state index contributed by atoms with van der Waals surface area (Å²) in [4.78, 5) is 25.5. The van der Waals surface area contributed by atoms with Crippen LogP contribution in [-0.2, 0) is 22.4 Å². The van der Waals surface area contributed by atoms with E-state index in [-0.39, 0.29) is 11.8 Å². The van der Waals surface area contributed by atoms with Crippen LogP contribution in [0.2, 0.25) is 0 Å². The average molecular weight is 466 g/mol. The minimum atomic E-state index is -1.75. The summed E-state index contributed by atoms with van der Waals surface area (Å²) in [6.45, 7) is 3.14. The quantitative estimate of drug-likeness (QED) is 0.283. The zero-order chi connectivity index (χ0) is 24.7. The zero-order valence-corrected chi connectivity index (χ0v) is 19.9. The third-order valence-corrected chi connectivity index (χ3v) is 5.86. The van der Waals surface area contributed by atoms with E-state index in [1.54, 1.807) is 27.4 Å². The van der Waals surface area contributed by atoms with Crippen LogP contribution in [0.5, 0.6) is 17.2 Å². The molecule has 33 heavy (non-hydrogen) atoms. The Kier molecular flexibility index (Phi) is 9.81. The van der Waals surface area contributed by atoms with Crippen molar-refractivity contribution in [2.24, 2.45) is 11.8 Å². The predicted molar refractivity (Wildman–Crippen MR) is 122 cm³/mol. The fourth-order valence-electron chi connectivity index (χ4n) is 4.17. The van der Waals surface area contributed by atoms with E-state index in [0.29, 0.717) is 42.9 Å². The van der Waals surface area contributed by atoms with Crippen LogP contribution in [0, 0.1) is 11.8 Å². The number of hydrogen-bond donors (Lipinski definition) is 5. The van der Waals surface area contributed by atoms with Gasteiger partial charge in [0.2, 0.25) is 11.8 Å². The van der Waals surface area contributed by atoms with E-state index >= 15 is 0 Å². The zero-order valence-electron chi connectivity index (χ0n) is 19.9. The van der Waals surface area contributed by atoms with E-state index in [1.807, 2.05) is 13.8 Å². The summed E-state index contributed by atoms with van der Waals surface area (Å²) in [5.74, 6) is -0.551. The highest BCUT2D eigenvalue weighted by Crippen LogP contribution is 2.44. The Morgan fingerprint density at radius 3 is 2.27 bits per heavy atom. The van der Waals surface area contributed by atoms with E-state index < -0.39 is 37.5 Å². The van der Waals surface area contributed by atoms with Crippen LogP contribution in [0.15, 0.2) is 6.07 Å². The lowest BCUT2D eigenvalue weighted by molar-refractivity contribution is -0.132. The Morgan fingerprint density at radius 2 is 1.76 bits per heavy atom. The van der Waals surface area contributed by atoms with E-state index in [9.17, 15) is 24.7 Å². The standard InChI is InChI=1S/C22H35BN2O8/c1-12(2)8-19(23(29)30)25-22(28)16(11-26)24-21(27)13-6-7-14-15(9-13)17(31-3)10-18(32-4)20(14)33-5/h10,12-13,16,19,26,29-30H,6-9,11H2,1-5H3,(H,24,27)(H,25,28)/t13?,16-,19?/m0/s1. The molecule has 0 aromatic heterocycles. The van der Waals surface area contributed by atoms with Crippen molar-refractivity contribution in [3.63, 3.8) is 0 Å². The van der Waals surface area contributed by atoms with Crippen molar-refractivity contribution >= 4 is 18.9 Å². The summed E-state index contributed by atoms with van der Waals surface area (Å²) in [5, 5.41) is 33.9. The highest BCUT2D eigenvalue weighted by Gasteiger charge is 2.34. The van der Waals surface area contributed by atoms with Crippen molar-refractivity contribution in [2.45, 2.75) is 51.5 Å². The number of methoxy groups -OCH3 is 3. The molecule has 0 saturated carbocycles. The molecule has 3 atom stereocenters. The molecule has 184 valence electrons. The predicted octanol–water partition coefficient (Wildman–Crippen LogP) is -0.163. The van der Waals surface area contributed by atoms with Gasteiger partial charge in [0.25, 0.3) is 0 Å². The summed E-state index contributed by atoms with van der Waals surface area (Å²) in [5.41, 5.74) is 1.76. The normalized spacial score (nSPS) is 16.9. The maximum atomic E-state index is 13.0. The molecule has 1 aromatic rings. The summed E-state index contributed by atoms with van der Waals surface area (Å²) in [7, 11) is 2.90. The van der Waals surface area contributed by atoms with E-state index in [0.717, 1.165) is 11.1 Å². The van der Waals surface area contributed by atoms with Crippen molar-refractivity contribution < 1.29 is 39.0 Å². The monoisotopic (exact) mass is 466 g/mol. The minimum Gasteiger partial charge on any atom is -0.496 e. The number of aliphatic hydroxyl groups excluding tert-OH is 1. The van der Waals surface area contributed by atoms with E-state index in [4.69, 9.17) is 14.2 Å². The largest absolute Gasteiger partial charge is 0.496 e. The Bertz CT molecular complexity index is 833. The lowest BCUT2D eigenvalue weighted by atomic mass is 9.75. The molecule has 2 rings (SSSR count). The lowest BCUT2D eigenvalue weighted by Gasteiger charge is -2.29. The Hall–Kier alpha value is -2.50. The number of hydrogen-bond acceptors (Lipinski definition) is 8. The molecule has 1 aliphatic carbocycles. The van der Waals surface area contributed by atoms with Gasteiger partial charge in [-0.1, -0.05) is 13.8 Å². The molecule has 1 aromatic carbocycles. The summed E-state index contributed by atoms with van der Waals surface area (Å²) in [6.07, 6.45) is 1.76.